The summed E-state index contributed by atoms with van der Waals surface area (Å²) in [6, 6.07) is 12.6. The molecule has 0 amide bonds. The van der Waals surface area contributed by atoms with Crippen molar-refractivity contribution in [2.75, 3.05) is 0 Å². The standard InChI is InChI=1S/C31H50GeO4Si/c1-8-10-12-14-19-27(36-37(6,7)31(3,4)5)26(18-13-11-9-2)32(28-20-15-23-33-28,29-21-16-24-34-29)30-22-17-25-35-30/h15-17,20-27H,8-14,18-19H2,1-7H3. The Kier molecular flexibility index (Phi) is 11.0. The molecule has 3 aromatic rings. The Morgan fingerprint density at radius 3 is 1.59 bits per heavy atom. The minimum atomic E-state index is -3.59. The Morgan fingerprint density at radius 2 is 1.19 bits per heavy atom. The van der Waals surface area contributed by atoms with Crippen LogP contribution in [0.4, 0.5) is 0 Å². The van der Waals surface area contributed by atoms with Gasteiger partial charge in [0.05, 0.1) is 0 Å². The van der Waals surface area contributed by atoms with E-state index >= 15 is 0 Å². The van der Waals surface area contributed by atoms with Crippen molar-refractivity contribution in [2.45, 2.75) is 121 Å². The summed E-state index contributed by atoms with van der Waals surface area (Å²) < 4.78 is 29.9. The Bertz CT molecular complexity index is 903. The summed E-state index contributed by atoms with van der Waals surface area (Å²) in [5.41, 5.74) is 0. The predicted molar refractivity (Wildman–Crippen MR) is 160 cm³/mol. The van der Waals surface area contributed by atoms with Gasteiger partial charge >= 0.3 is 230 Å². The molecule has 3 heterocycles. The number of unbranched alkanes of at least 4 members (excludes halogenated alkanes) is 5. The summed E-state index contributed by atoms with van der Waals surface area (Å²) >= 11 is -3.59. The van der Waals surface area contributed by atoms with E-state index in [4.69, 9.17) is 17.7 Å². The fraction of sp³-hybridized carbons (Fsp3) is 0.613. The van der Waals surface area contributed by atoms with Crippen LogP contribution in [0.5, 0.6) is 0 Å². The van der Waals surface area contributed by atoms with Gasteiger partial charge in [0.15, 0.2) is 0 Å². The van der Waals surface area contributed by atoms with Crippen molar-refractivity contribution in [1.29, 1.82) is 0 Å². The van der Waals surface area contributed by atoms with E-state index < -0.39 is 21.6 Å². The predicted octanol–water partition coefficient (Wildman–Crippen LogP) is 8.25. The van der Waals surface area contributed by atoms with E-state index in [-0.39, 0.29) is 15.9 Å². The molecule has 4 nitrogen and oxygen atoms in total. The SMILES string of the molecule is CCCCCCC(O[Si](C)(C)C(C)(C)C)[CH](CCCCC)[Ge]([c]1ccco1)([c]1ccco1)[c]1ccco1. The van der Waals surface area contributed by atoms with Gasteiger partial charge in [0.25, 0.3) is 0 Å². The molecule has 6 heteroatoms. The van der Waals surface area contributed by atoms with Crippen molar-refractivity contribution in [3.8, 4) is 0 Å². The molecule has 0 aliphatic carbocycles. The molecule has 3 rings (SSSR count). The van der Waals surface area contributed by atoms with Gasteiger partial charge in [-0.1, -0.05) is 0 Å². The van der Waals surface area contributed by atoms with Crippen LogP contribution in [0.15, 0.2) is 68.4 Å². The van der Waals surface area contributed by atoms with Crippen molar-refractivity contribution < 1.29 is 17.7 Å². The van der Waals surface area contributed by atoms with Crippen LogP contribution in [0.2, 0.25) is 22.9 Å². The zero-order valence-corrected chi connectivity index (χ0v) is 27.4. The van der Waals surface area contributed by atoms with Crippen LogP contribution in [0.25, 0.3) is 0 Å². The second-order valence-corrected chi connectivity index (χ2v) is 24.9. The molecule has 2 atom stereocenters. The van der Waals surface area contributed by atoms with Crippen LogP contribution in [-0.4, -0.2) is 27.7 Å². The third-order valence-electron chi connectivity index (χ3n) is 8.45. The fourth-order valence-corrected chi connectivity index (χ4v) is 17.8. The third-order valence-corrected chi connectivity index (χ3v) is 23.4. The first kappa shape index (κ1) is 30.1. The summed E-state index contributed by atoms with van der Waals surface area (Å²) in [5.74, 6) is 0. The second kappa shape index (κ2) is 13.6. The summed E-state index contributed by atoms with van der Waals surface area (Å²) in [4.78, 5) is 0. The summed E-state index contributed by atoms with van der Waals surface area (Å²) in [6.07, 6.45) is 16.3. The van der Waals surface area contributed by atoms with Gasteiger partial charge in [-0.15, -0.1) is 0 Å². The molecular weight excluding hydrogens is 537 g/mol. The van der Waals surface area contributed by atoms with Crippen LogP contribution >= 0.6 is 0 Å². The van der Waals surface area contributed by atoms with E-state index in [0.29, 0.717) is 0 Å². The van der Waals surface area contributed by atoms with Crippen molar-refractivity contribution in [1.82, 2.24) is 0 Å². The van der Waals surface area contributed by atoms with Crippen molar-refractivity contribution in [3.05, 3.63) is 55.2 Å². The van der Waals surface area contributed by atoms with Gasteiger partial charge in [-0.25, -0.2) is 0 Å². The third kappa shape index (κ3) is 6.96. The average Bonchev–Trinajstić information content (AvgIpc) is 3.64. The molecule has 0 bridgehead atoms. The van der Waals surface area contributed by atoms with E-state index in [0.717, 1.165) is 26.6 Å². The maximum atomic E-state index is 7.44. The topological polar surface area (TPSA) is 48.7 Å². The first-order chi connectivity index (χ1) is 17.7. The normalized spacial score (nSPS) is 14.7. The van der Waals surface area contributed by atoms with Gasteiger partial charge in [-0.2, -0.15) is 0 Å². The molecule has 0 aliphatic rings. The molecule has 0 saturated carbocycles. The monoisotopic (exact) mass is 588 g/mol. The summed E-state index contributed by atoms with van der Waals surface area (Å²) in [7, 11) is -2.04. The average molecular weight is 587 g/mol. The number of furan rings is 3. The molecular formula is C31H50GeO4Si. The number of hydrogen-bond acceptors (Lipinski definition) is 4. The minimum absolute atomic E-state index is 0.134. The van der Waals surface area contributed by atoms with Crippen LogP contribution in [0.3, 0.4) is 0 Å². The quantitative estimate of drug-likeness (QED) is 0.125. The molecule has 0 radical (unpaired) electrons. The molecule has 2 unspecified atom stereocenters. The summed E-state index contributed by atoms with van der Waals surface area (Å²) in [5, 5.41) is 0.137. The van der Waals surface area contributed by atoms with Gasteiger partial charge in [-0.3, -0.25) is 0 Å². The van der Waals surface area contributed by atoms with E-state index in [2.05, 4.69) is 65.9 Å². The van der Waals surface area contributed by atoms with Gasteiger partial charge in [0.1, 0.15) is 0 Å². The van der Waals surface area contributed by atoms with Crippen molar-refractivity contribution in [3.63, 3.8) is 0 Å². The van der Waals surface area contributed by atoms with Crippen LogP contribution < -0.4 is 13.8 Å². The van der Waals surface area contributed by atoms with Crippen LogP contribution in [-0.2, 0) is 4.43 Å². The summed E-state index contributed by atoms with van der Waals surface area (Å²) in [6.45, 7) is 16.4. The van der Waals surface area contributed by atoms with Crippen molar-refractivity contribution in [2.24, 2.45) is 0 Å². The Morgan fingerprint density at radius 1 is 0.730 bits per heavy atom. The van der Waals surface area contributed by atoms with Gasteiger partial charge < -0.3 is 0 Å². The number of rotatable bonds is 16. The molecule has 0 saturated heterocycles. The molecule has 37 heavy (non-hydrogen) atoms. The van der Waals surface area contributed by atoms with Gasteiger partial charge in [0, 0.05) is 0 Å². The zero-order valence-electron chi connectivity index (χ0n) is 24.3. The molecule has 0 N–H and O–H groups in total. The first-order valence-electron chi connectivity index (χ1n) is 14.5. The Balaban J connectivity index is 2.21. The molecule has 206 valence electrons. The maximum absolute atomic E-state index is 7.44. The first-order valence-corrected chi connectivity index (χ1v) is 21.7. The Hall–Kier alpha value is -1.44. The van der Waals surface area contributed by atoms with E-state index in [1.54, 1.807) is 0 Å². The zero-order chi connectivity index (χ0) is 26.9. The van der Waals surface area contributed by atoms with E-state index in [9.17, 15) is 0 Å². The molecule has 0 aromatic carbocycles. The second-order valence-electron chi connectivity index (χ2n) is 12.1. The molecule has 0 aliphatic heterocycles. The molecule has 3 aromatic heterocycles. The molecule has 0 fully saturated rings. The van der Waals surface area contributed by atoms with Crippen LogP contribution in [0.1, 0.15) is 92.4 Å². The van der Waals surface area contributed by atoms with E-state index in [1.165, 1.54) is 44.9 Å². The van der Waals surface area contributed by atoms with Crippen molar-refractivity contribution >= 4 is 35.4 Å². The van der Waals surface area contributed by atoms with E-state index in [1.807, 2.05) is 37.0 Å². The fourth-order valence-electron chi connectivity index (χ4n) is 5.39. The van der Waals surface area contributed by atoms with Crippen LogP contribution in [0, 0.1) is 0 Å². The number of hydrogen-bond donors (Lipinski definition) is 0. The van der Waals surface area contributed by atoms with Gasteiger partial charge in [0.2, 0.25) is 0 Å². The Labute approximate surface area is 229 Å². The molecule has 0 spiro atoms. The van der Waals surface area contributed by atoms with Gasteiger partial charge in [-0.05, 0) is 0 Å².